The molecule has 3 nitrogen and oxygen atoms in total. The van der Waals surface area contributed by atoms with E-state index in [1.165, 1.54) is 11.3 Å². The predicted molar refractivity (Wildman–Crippen MR) is 103 cm³/mol. The molecule has 124 valence electrons. The number of hydrogen-bond donors (Lipinski definition) is 1. The van der Waals surface area contributed by atoms with Crippen LogP contribution in [0, 0.1) is 11.8 Å². The third kappa shape index (κ3) is 4.93. The van der Waals surface area contributed by atoms with E-state index in [0.717, 1.165) is 21.8 Å². The number of carbonyl (C=O) groups excluding carboxylic acids is 1. The van der Waals surface area contributed by atoms with Gasteiger partial charge in [-0.2, -0.15) is 0 Å². The summed E-state index contributed by atoms with van der Waals surface area (Å²) in [4.78, 5) is 16.5. The molecular weight excluding hydrogens is 352 g/mol. The zero-order chi connectivity index (χ0) is 17.5. The van der Waals surface area contributed by atoms with E-state index in [0.29, 0.717) is 11.6 Å². The van der Waals surface area contributed by atoms with E-state index in [2.05, 4.69) is 22.1 Å². The minimum atomic E-state index is -0.0987. The number of halogens is 1. The number of rotatable bonds is 4. The summed E-state index contributed by atoms with van der Waals surface area (Å²) in [5, 5.41) is 6.14. The standard InChI is InChI=1S/C20H15ClN2OS/c21-18-11-5-4-10-17(18)20-23-16(14-25-20)13-19(24)22-12-6-9-15-7-2-1-3-8-15/h1-5,7-8,10-11,14H,12-13H2,(H,22,24). The maximum Gasteiger partial charge on any atom is 0.226 e. The minimum Gasteiger partial charge on any atom is -0.345 e. The van der Waals surface area contributed by atoms with Gasteiger partial charge in [-0.15, -0.1) is 11.3 Å². The number of benzene rings is 2. The summed E-state index contributed by atoms with van der Waals surface area (Å²) in [6, 6.07) is 17.2. The summed E-state index contributed by atoms with van der Waals surface area (Å²) >= 11 is 7.66. The number of nitrogens with zero attached hydrogens (tertiary/aromatic N) is 1. The van der Waals surface area contributed by atoms with Crippen LogP contribution in [0.2, 0.25) is 5.02 Å². The van der Waals surface area contributed by atoms with E-state index in [9.17, 15) is 4.79 Å². The van der Waals surface area contributed by atoms with Crippen molar-refractivity contribution in [2.45, 2.75) is 6.42 Å². The lowest BCUT2D eigenvalue weighted by molar-refractivity contribution is -0.120. The van der Waals surface area contributed by atoms with E-state index in [4.69, 9.17) is 11.6 Å². The molecule has 0 unspecified atom stereocenters. The van der Waals surface area contributed by atoms with Crippen LogP contribution in [0.5, 0.6) is 0 Å². The molecule has 0 aliphatic heterocycles. The maximum atomic E-state index is 12.0. The van der Waals surface area contributed by atoms with Gasteiger partial charge in [0.05, 0.1) is 23.7 Å². The zero-order valence-corrected chi connectivity index (χ0v) is 14.9. The highest BCUT2D eigenvalue weighted by Crippen LogP contribution is 2.30. The Morgan fingerprint density at radius 1 is 1.12 bits per heavy atom. The molecule has 1 amide bonds. The molecule has 0 radical (unpaired) electrons. The third-order valence-electron chi connectivity index (χ3n) is 3.38. The van der Waals surface area contributed by atoms with Crippen molar-refractivity contribution in [3.63, 3.8) is 0 Å². The zero-order valence-electron chi connectivity index (χ0n) is 13.3. The number of hydrogen-bond acceptors (Lipinski definition) is 3. The van der Waals surface area contributed by atoms with Crippen molar-refractivity contribution in [3.8, 4) is 22.4 Å². The van der Waals surface area contributed by atoms with Crippen LogP contribution in [0.3, 0.4) is 0 Å². The molecule has 0 bridgehead atoms. The Hall–Kier alpha value is -2.61. The fourth-order valence-electron chi connectivity index (χ4n) is 2.18. The van der Waals surface area contributed by atoms with Gasteiger partial charge in [0.15, 0.2) is 0 Å². The third-order valence-corrected chi connectivity index (χ3v) is 4.63. The molecule has 0 saturated carbocycles. The fourth-order valence-corrected chi connectivity index (χ4v) is 3.32. The second-order valence-electron chi connectivity index (χ2n) is 5.25. The van der Waals surface area contributed by atoms with Crippen LogP contribution >= 0.6 is 22.9 Å². The van der Waals surface area contributed by atoms with Gasteiger partial charge in [0, 0.05) is 16.5 Å². The molecule has 5 heteroatoms. The molecule has 1 aromatic heterocycles. The van der Waals surface area contributed by atoms with E-state index in [1.54, 1.807) is 0 Å². The summed E-state index contributed by atoms with van der Waals surface area (Å²) in [6.45, 7) is 0.315. The lowest BCUT2D eigenvalue weighted by Crippen LogP contribution is -2.25. The quantitative estimate of drug-likeness (QED) is 0.704. The van der Waals surface area contributed by atoms with Crippen molar-refractivity contribution in [2.24, 2.45) is 0 Å². The van der Waals surface area contributed by atoms with Gasteiger partial charge in [0.1, 0.15) is 5.01 Å². The highest BCUT2D eigenvalue weighted by molar-refractivity contribution is 7.13. The Labute approximate surface area is 155 Å². The molecule has 2 aromatic carbocycles. The van der Waals surface area contributed by atoms with Crippen LogP contribution < -0.4 is 5.32 Å². The van der Waals surface area contributed by atoms with Gasteiger partial charge in [-0.3, -0.25) is 4.79 Å². The summed E-state index contributed by atoms with van der Waals surface area (Å²) in [7, 11) is 0. The predicted octanol–water partition coefficient (Wildman–Crippen LogP) is 4.17. The van der Waals surface area contributed by atoms with Gasteiger partial charge < -0.3 is 5.32 Å². The number of nitrogens with one attached hydrogen (secondary N) is 1. The fraction of sp³-hybridized carbons (Fsp3) is 0.100. The number of aromatic nitrogens is 1. The number of amides is 1. The topological polar surface area (TPSA) is 42.0 Å². The average Bonchev–Trinajstić information content (AvgIpc) is 3.08. The first kappa shape index (κ1) is 17.2. The molecule has 0 aliphatic rings. The molecule has 1 heterocycles. The van der Waals surface area contributed by atoms with E-state index in [1.807, 2.05) is 60.0 Å². The Morgan fingerprint density at radius 3 is 2.68 bits per heavy atom. The minimum absolute atomic E-state index is 0.0987. The van der Waals surface area contributed by atoms with Gasteiger partial charge in [-0.25, -0.2) is 4.98 Å². The molecule has 3 aromatic rings. The van der Waals surface area contributed by atoms with Crippen LogP contribution in [-0.4, -0.2) is 17.4 Å². The van der Waals surface area contributed by atoms with E-state index < -0.39 is 0 Å². The second kappa shape index (κ2) is 8.48. The molecule has 3 rings (SSSR count). The average molecular weight is 367 g/mol. The van der Waals surface area contributed by atoms with Crippen LogP contribution in [0.4, 0.5) is 0 Å². The van der Waals surface area contributed by atoms with Gasteiger partial charge in [0.25, 0.3) is 0 Å². The molecule has 0 aliphatic carbocycles. The highest BCUT2D eigenvalue weighted by atomic mass is 35.5. The lowest BCUT2D eigenvalue weighted by Gasteiger charge is -2.00. The first-order valence-electron chi connectivity index (χ1n) is 7.72. The van der Waals surface area contributed by atoms with Gasteiger partial charge in [-0.05, 0) is 18.2 Å². The van der Waals surface area contributed by atoms with Gasteiger partial charge in [0.2, 0.25) is 5.91 Å². The first-order valence-corrected chi connectivity index (χ1v) is 8.98. The Kier molecular flexibility index (Phi) is 5.84. The van der Waals surface area contributed by atoms with Crippen molar-refractivity contribution in [3.05, 3.63) is 76.3 Å². The Balaban J connectivity index is 1.54. The molecule has 0 fully saturated rings. The summed E-state index contributed by atoms with van der Waals surface area (Å²) in [5.74, 6) is 5.84. The van der Waals surface area contributed by atoms with Gasteiger partial charge >= 0.3 is 0 Å². The Morgan fingerprint density at radius 2 is 1.88 bits per heavy atom. The summed E-state index contributed by atoms with van der Waals surface area (Å²) < 4.78 is 0. The molecular formula is C20H15ClN2OS. The SMILES string of the molecule is O=C(Cc1csc(-c2ccccc2Cl)n1)NCC#Cc1ccccc1. The largest absolute Gasteiger partial charge is 0.345 e. The van der Waals surface area contributed by atoms with Crippen LogP contribution in [-0.2, 0) is 11.2 Å². The molecule has 0 spiro atoms. The first-order chi connectivity index (χ1) is 12.2. The maximum absolute atomic E-state index is 12.0. The van der Waals surface area contributed by atoms with Crippen molar-refractivity contribution >= 4 is 28.8 Å². The molecule has 0 atom stereocenters. The van der Waals surface area contributed by atoms with Crippen LogP contribution in [0.1, 0.15) is 11.3 Å². The smallest absolute Gasteiger partial charge is 0.226 e. The van der Waals surface area contributed by atoms with E-state index >= 15 is 0 Å². The molecule has 0 saturated heterocycles. The van der Waals surface area contributed by atoms with Crippen molar-refractivity contribution in [1.29, 1.82) is 0 Å². The molecule has 1 N–H and O–H groups in total. The highest BCUT2D eigenvalue weighted by Gasteiger charge is 2.10. The number of thiazole rings is 1. The lowest BCUT2D eigenvalue weighted by atomic mass is 10.2. The van der Waals surface area contributed by atoms with Crippen molar-refractivity contribution in [1.82, 2.24) is 10.3 Å². The van der Waals surface area contributed by atoms with E-state index in [-0.39, 0.29) is 12.3 Å². The van der Waals surface area contributed by atoms with Crippen molar-refractivity contribution in [2.75, 3.05) is 6.54 Å². The molecule has 25 heavy (non-hydrogen) atoms. The monoisotopic (exact) mass is 366 g/mol. The number of carbonyl (C=O) groups is 1. The van der Waals surface area contributed by atoms with Crippen LogP contribution in [0.25, 0.3) is 10.6 Å². The van der Waals surface area contributed by atoms with Crippen LogP contribution in [0.15, 0.2) is 60.0 Å². The summed E-state index contributed by atoms with van der Waals surface area (Å²) in [6.07, 6.45) is 0.230. The second-order valence-corrected chi connectivity index (χ2v) is 6.51. The van der Waals surface area contributed by atoms with Gasteiger partial charge in [-0.1, -0.05) is 59.8 Å². The normalized spacial score (nSPS) is 9.96. The summed E-state index contributed by atoms with van der Waals surface area (Å²) in [5.41, 5.74) is 2.55. The van der Waals surface area contributed by atoms with Crippen molar-refractivity contribution < 1.29 is 4.79 Å². The Bertz CT molecular complexity index is 925.